The number of aliphatic hydroxyl groups is 1. The standard InChI is InChI=1S/C26H25ClN2O4/c1-14-11-17(25(33-2)19(27)12-14)23(30)21-22(18-13-28-20-10-6-5-9-16(18)20)29(26(32)24(21)31)15-7-3-4-8-15/h5-6,9-13,15,22,28,30H,3-4,7-8H2,1-2H3/b23-21+. The van der Waals surface area contributed by atoms with Gasteiger partial charge in [-0.1, -0.05) is 42.6 Å². The van der Waals surface area contributed by atoms with E-state index in [1.807, 2.05) is 37.4 Å². The maximum atomic E-state index is 13.4. The number of likely N-dealkylation sites (tertiary alicyclic amines) is 1. The number of carbonyl (C=O) groups excluding carboxylic acids is 2. The Bertz CT molecular complexity index is 1300. The Morgan fingerprint density at radius 1 is 1.18 bits per heavy atom. The smallest absolute Gasteiger partial charge is 0.295 e. The number of amides is 1. The van der Waals surface area contributed by atoms with Crippen molar-refractivity contribution in [3.63, 3.8) is 0 Å². The van der Waals surface area contributed by atoms with Crippen LogP contribution in [0.4, 0.5) is 0 Å². The maximum absolute atomic E-state index is 13.4. The van der Waals surface area contributed by atoms with E-state index >= 15 is 0 Å². The van der Waals surface area contributed by atoms with Gasteiger partial charge < -0.3 is 19.7 Å². The lowest BCUT2D eigenvalue weighted by molar-refractivity contribution is -0.141. The molecule has 1 aliphatic heterocycles. The fourth-order valence-corrected chi connectivity index (χ4v) is 5.64. The van der Waals surface area contributed by atoms with E-state index in [4.69, 9.17) is 16.3 Å². The van der Waals surface area contributed by atoms with Crippen molar-refractivity contribution in [3.8, 4) is 5.75 Å². The number of ether oxygens (including phenoxy) is 1. The fraction of sp³-hybridized carbons (Fsp3) is 0.308. The van der Waals surface area contributed by atoms with Crippen molar-refractivity contribution in [2.45, 2.75) is 44.7 Å². The van der Waals surface area contributed by atoms with Gasteiger partial charge in [0.2, 0.25) is 0 Å². The molecule has 3 aromatic rings. The van der Waals surface area contributed by atoms with Crippen LogP contribution in [-0.4, -0.2) is 39.8 Å². The van der Waals surface area contributed by atoms with Crippen LogP contribution >= 0.6 is 11.6 Å². The minimum Gasteiger partial charge on any atom is -0.507 e. The summed E-state index contributed by atoms with van der Waals surface area (Å²) in [6.07, 6.45) is 5.53. The minimum absolute atomic E-state index is 0.0478. The summed E-state index contributed by atoms with van der Waals surface area (Å²) in [5, 5.41) is 12.7. The van der Waals surface area contributed by atoms with Crippen LogP contribution in [-0.2, 0) is 9.59 Å². The number of benzene rings is 2. The number of aromatic amines is 1. The topological polar surface area (TPSA) is 82.6 Å². The number of Topliss-reactive ketones (excluding diaryl/α,β-unsaturated/α-hetero) is 1. The fourth-order valence-electron chi connectivity index (χ4n) is 5.29. The molecule has 2 aliphatic rings. The number of rotatable bonds is 4. The molecule has 1 unspecified atom stereocenters. The maximum Gasteiger partial charge on any atom is 0.295 e. The average molecular weight is 465 g/mol. The first-order valence-electron chi connectivity index (χ1n) is 11.1. The molecule has 1 atom stereocenters. The molecule has 0 radical (unpaired) electrons. The van der Waals surface area contributed by atoms with Crippen LogP contribution in [0, 0.1) is 6.92 Å². The molecule has 1 amide bonds. The first-order chi connectivity index (χ1) is 15.9. The molecule has 5 rings (SSSR count). The second-order valence-electron chi connectivity index (χ2n) is 8.76. The first-order valence-corrected chi connectivity index (χ1v) is 11.5. The van der Waals surface area contributed by atoms with E-state index in [0.717, 1.165) is 47.7 Å². The number of halogens is 1. The van der Waals surface area contributed by atoms with E-state index in [0.29, 0.717) is 10.6 Å². The molecule has 2 N–H and O–H groups in total. The van der Waals surface area contributed by atoms with Gasteiger partial charge in [-0.2, -0.15) is 0 Å². The molecular weight excluding hydrogens is 440 g/mol. The Morgan fingerprint density at radius 2 is 1.91 bits per heavy atom. The van der Waals surface area contributed by atoms with Crippen molar-refractivity contribution >= 4 is 40.0 Å². The highest BCUT2D eigenvalue weighted by Crippen LogP contribution is 2.46. The SMILES string of the molecule is COc1c(Cl)cc(C)cc1/C(O)=C1\C(=O)C(=O)N(C2CCCC2)C1c1c[nH]c2ccccc12. The summed E-state index contributed by atoms with van der Waals surface area (Å²) < 4.78 is 5.45. The number of aliphatic hydroxyl groups excluding tert-OH is 1. The normalized spacial score (nSPS) is 20.8. The summed E-state index contributed by atoms with van der Waals surface area (Å²) in [5.41, 5.74) is 2.86. The molecule has 1 saturated carbocycles. The summed E-state index contributed by atoms with van der Waals surface area (Å²) in [6.45, 7) is 1.84. The molecule has 1 saturated heterocycles. The number of hydrogen-bond donors (Lipinski definition) is 2. The van der Waals surface area contributed by atoms with E-state index in [1.165, 1.54) is 7.11 Å². The van der Waals surface area contributed by atoms with E-state index in [9.17, 15) is 14.7 Å². The quantitative estimate of drug-likeness (QED) is 0.303. The third-order valence-electron chi connectivity index (χ3n) is 6.76. The molecule has 6 nitrogen and oxygen atoms in total. The molecular formula is C26H25ClN2O4. The van der Waals surface area contributed by atoms with Gasteiger partial charge in [-0.3, -0.25) is 9.59 Å². The Kier molecular flexibility index (Phi) is 5.41. The van der Waals surface area contributed by atoms with Crippen LogP contribution in [0.15, 0.2) is 48.2 Å². The molecule has 1 aromatic heterocycles. The number of methoxy groups -OCH3 is 1. The number of H-pyrrole nitrogens is 1. The molecule has 170 valence electrons. The lowest BCUT2D eigenvalue weighted by Crippen LogP contribution is -2.37. The van der Waals surface area contributed by atoms with Crippen LogP contribution < -0.4 is 4.74 Å². The molecule has 1 aliphatic carbocycles. The molecule has 2 heterocycles. The number of carbonyl (C=O) groups is 2. The van der Waals surface area contributed by atoms with E-state index in [1.54, 1.807) is 17.0 Å². The molecule has 0 spiro atoms. The molecule has 0 bridgehead atoms. The number of para-hydroxylation sites is 1. The Morgan fingerprint density at radius 3 is 2.64 bits per heavy atom. The molecule has 33 heavy (non-hydrogen) atoms. The van der Waals surface area contributed by atoms with E-state index < -0.39 is 17.7 Å². The van der Waals surface area contributed by atoms with Gasteiger partial charge in [-0.25, -0.2) is 0 Å². The van der Waals surface area contributed by atoms with Crippen LogP contribution in [0.3, 0.4) is 0 Å². The van der Waals surface area contributed by atoms with Crippen molar-refractivity contribution in [3.05, 3.63) is 69.9 Å². The zero-order valence-electron chi connectivity index (χ0n) is 18.5. The van der Waals surface area contributed by atoms with Gasteiger partial charge in [0, 0.05) is 28.7 Å². The zero-order chi connectivity index (χ0) is 23.3. The highest BCUT2D eigenvalue weighted by Gasteiger charge is 2.50. The number of aromatic nitrogens is 1. The summed E-state index contributed by atoms with van der Waals surface area (Å²) >= 11 is 6.37. The average Bonchev–Trinajstić information content (AvgIpc) is 3.52. The Hall–Kier alpha value is -3.25. The van der Waals surface area contributed by atoms with Crippen molar-refractivity contribution in [1.82, 2.24) is 9.88 Å². The summed E-state index contributed by atoms with van der Waals surface area (Å²) in [7, 11) is 1.46. The van der Waals surface area contributed by atoms with Crippen molar-refractivity contribution in [2.24, 2.45) is 0 Å². The molecule has 2 aromatic carbocycles. The number of aryl methyl sites for hydroxylation is 1. The van der Waals surface area contributed by atoms with Crippen LogP contribution in [0.1, 0.15) is 48.4 Å². The van der Waals surface area contributed by atoms with Crippen LogP contribution in [0.25, 0.3) is 16.7 Å². The van der Waals surface area contributed by atoms with Gasteiger partial charge in [-0.15, -0.1) is 0 Å². The van der Waals surface area contributed by atoms with Crippen molar-refractivity contribution < 1.29 is 19.4 Å². The number of nitrogens with one attached hydrogen (secondary N) is 1. The lowest BCUT2D eigenvalue weighted by Gasteiger charge is -2.30. The van der Waals surface area contributed by atoms with Gasteiger partial charge in [0.05, 0.1) is 29.3 Å². The van der Waals surface area contributed by atoms with Crippen LogP contribution in [0.5, 0.6) is 5.75 Å². The predicted octanol–water partition coefficient (Wildman–Crippen LogP) is 5.50. The highest BCUT2D eigenvalue weighted by molar-refractivity contribution is 6.47. The minimum atomic E-state index is -0.701. The third kappa shape index (κ3) is 3.40. The number of nitrogens with zero attached hydrogens (tertiary/aromatic N) is 1. The van der Waals surface area contributed by atoms with Crippen molar-refractivity contribution in [2.75, 3.05) is 7.11 Å². The first kappa shape index (κ1) is 21.6. The summed E-state index contributed by atoms with van der Waals surface area (Å²) in [5.74, 6) is -1.26. The monoisotopic (exact) mass is 464 g/mol. The Balaban J connectivity index is 1.78. The van der Waals surface area contributed by atoms with Gasteiger partial charge in [0.1, 0.15) is 11.5 Å². The van der Waals surface area contributed by atoms with Crippen molar-refractivity contribution in [1.29, 1.82) is 0 Å². The lowest BCUT2D eigenvalue weighted by atomic mass is 9.93. The number of ketones is 1. The number of fused-ring (bicyclic) bond motifs is 1. The largest absolute Gasteiger partial charge is 0.507 e. The Labute approximate surface area is 196 Å². The summed E-state index contributed by atoms with van der Waals surface area (Å²) in [4.78, 5) is 31.7. The van der Waals surface area contributed by atoms with Gasteiger partial charge in [0.25, 0.3) is 11.7 Å². The van der Waals surface area contributed by atoms with Gasteiger partial charge >= 0.3 is 0 Å². The van der Waals surface area contributed by atoms with E-state index in [2.05, 4.69) is 4.98 Å². The molecule has 2 fully saturated rings. The third-order valence-corrected chi connectivity index (χ3v) is 7.04. The molecule has 7 heteroatoms. The highest BCUT2D eigenvalue weighted by atomic mass is 35.5. The zero-order valence-corrected chi connectivity index (χ0v) is 19.3. The predicted molar refractivity (Wildman–Crippen MR) is 127 cm³/mol. The second kappa shape index (κ2) is 8.27. The number of hydrogen-bond acceptors (Lipinski definition) is 4. The summed E-state index contributed by atoms with van der Waals surface area (Å²) in [6, 6.07) is 10.5. The van der Waals surface area contributed by atoms with E-state index in [-0.39, 0.29) is 23.1 Å². The second-order valence-corrected chi connectivity index (χ2v) is 9.17. The van der Waals surface area contributed by atoms with Gasteiger partial charge in [0.15, 0.2) is 0 Å². The van der Waals surface area contributed by atoms with Gasteiger partial charge in [-0.05, 0) is 43.5 Å². The van der Waals surface area contributed by atoms with Crippen LogP contribution in [0.2, 0.25) is 5.02 Å².